The van der Waals surface area contributed by atoms with Crippen molar-refractivity contribution in [3.63, 3.8) is 0 Å². The lowest BCUT2D eigenvalue weighted by Crippen LogP contribution is -2.36. The van der Waals surface area contributed by atoms with Gasteiger partial charge in [0.1, 0.15) is 12.0 Å². The van der Waals surface area contributed by atoms with Gasteiger partial charge in [0, 0.05) is 3.57 Å². The van der Waals surface area contributed by atoms with E-state index in [1.165, 1.54) is 0 Å². The van der Waals surface area contributed by atoms with Crippen molar-refractivity contribution in [3.05, 3.63) is 27.8 Å². The number of esters is 1. The predicted octanol–water partition coefficient (Wildman–Crippen LogP) is 0.671. The number of imide groups is 1. The zero-order chi connectivity index (χ0) is 15.9. The van der Waals surface area contributed by atoms with Crippen molar-refractivity contribution in [2.24, 2.45) is 11.0 Å². The van der Waals surface area contributed by atoms with Crippen LogP contribution in [0.5, 0.6) is 0 Å². The fourth-order valence-electron chi connectivity index (χ4n) is 2.51. The molecule has 1 saturated heterocycles. The number of fused-ring (bicyclic) bond motifs is 1. The number of rotatable bonds is 3. The summed E-state index contributed by atoms with van der Waals surface area (Å²) in [7, 11) is 0. The Kier molecular flexibility index (Phi) is 3.85. The van der Waals surface area contributed by atoms with Crippen molar-refractivity contribution in [3.8, 4) is 0 Å². The Bertz CT molecular complexity index is 686. The molecule has 7 nitrogen and oxygen atoms in total. The molecule has 1 aromatic carbocycles. The van der Waals surface area contributed by atoms with Gasteiger partial charge in [-0.15, -0.1) is 0 Å². The van der Waals surface area contributed by atoms with Crippen LogP contribution in [0.15, 0.2) is 29.4 Å². The fourth-order valence-corrected chi connectivity index (χ4v) is 2.87. The topological polar surface area (TPSA) is 88.1 Å². The van der Waals surface area contributed by atoms with Crippen LogP contribution in [0, 0.1) is 9.49 Å². The van der Waals surface area contributed by atoms with E-state index in [1.54, 1.807) is 31.2 Å². The van der Waals surface area contributed by atoms with Gasteiger partial charge in [-0.1, -0.05) is 0 Å². The lowest BCUT2D eigenvalue weighted by atomic mass is 9.99. The molecule has 2 atom stereocenters. The minimum Gasteiger partial charge on any atom is -0.461 e. The Hall–Kier alpha value is -1.97. The number of benzene rings is 1. The quantitative estimate of drug-likeness (QED) is 0.447. The molecular weight excluding hydrogens is 401 g/mol. The fraction of sp³-hybridized carbons (Fsp3) is 0.286. The second-order valence-corrected chi connectivity index (χ2v) is 6.04. The molecule has 0 spiro atoms. The first kappa shape index (κ1) is 14.9. The molecule has 114 valence electrons. The summed E-state index contributed by atoms with van der Waals surface area (Å²) in [5, 5.41) is 3.80. The zero-order valence-electron chi connectivity index (χ0n) is 11.6. The standard InChI is InChI=1S/C14H12IN3O4/c1-2-22-14(21)11-9-10(16-17-11)13(20)18(12(9)19)8-5-3-7(15)4-6-8/h3-6,9-10,16H,2H2,1H3. The van der Waals surface area contributed by atoms with Crippen LogP contribution in [-0.4, -0.2) is 36.1 Å². The predicted molar refractivity (Wildman–Crippen MR) is 86.1 cm³/mol. The number of carbonyl (C=O) groups excluding carboxylic acids is 3. The summed E-state index contributed by atoms with van der Waals surface area (Å²) in [4.78, 5) is 37.9. The van der Waals surface area contributed by atoms with Crippen LogP contribution in [0.1, 0.15) is 6.92 Å². The molecular formula is C14H12IN3O4. The molecule has 2 heterocycles. The highest BCUT2D eigenvalue weighted by atomic mass is 127. The zero-order valence-corrected chi connectivity index (χ0v) is 13.7. The summed E-state index contributed by atoms with van der Waals surface area (Å²) in [6.07, 6.45) is 0. The summed E-state index contributed by atoms with van der Waals surface area (Å²) in [5.74, 6) is -2.48. The van der Waals surface area contributed by atoms with E-state index < -0.39 is 29.7 Å². The van der Waals surface area contributed by atoms with Gasteiger partial charge >= 0.3 is 5.97 Å². The van der Waals surface area contributed by atoms with E-state index in [2.05, 4.69) is 33.1 Å². The highest BCUT2D eigenvalue weighted by Gasteiger charge is 2.55. The molecule has 0 radical (unpaired) electrons. The summed E-state index contributed by atoms with van der Waals surface area (Å²) in [5.41, 5.74) is 3.01. The highest BCUT2D eigenvalue weighted by molar-refractivity contribution is 14.1. The van der Waals surface area contributed by atoms with Crippen LogP contribution < -0.4 is 10.3 Å². The Labute approximate surface area is 139 Å². The summed E-state index contributed by atoms with van der Waals surface area (Å²) in [6, 6.07) is 6.15. The summed E-state index contributed by atoms with van der Waals surface area (Å²) >= 11 is 2.14. The first-order valence-electron chi connectivity index (χ1n) is 6.68. The molecule has 1 aromatic rings. The maximum Gasteiger partial charge on any atom is 0.355 e. The summed E-state index contributed by atoms with van der Waals surface area (Å²) < 4.78 is 5.87. The lowest BCUT2D eigenvalue weighted by molar-refractivity contribution is -0.136. The largest absolute Gasteiger partial charge is 0.461 e. The van der Waals surface area contributed by atoms with Crippen LogP contribution in [0.25, 0.3) is 0 Å². The Balaban J connectivity index is 1.91. The van der Waals surface area contributed by atoms with E-state index in [1.807, 2.05) is 0 Å². The van der Waals surface area contributed by atoms with Gasteiger partial charge in [0.15, 0.2) is 5.71 Å². The maximum absolute atomic E-state index is 12.6. The summed E-state index contributed by atoms with van der Waals surface area (Å²) in [6.45, 7) is 1.84. The van der Waals surface area contributed by atoms with Gasteiger partial charge in [-0.2, -0.15) is 5.10 Å². The number of nitrogens with zero attached hydrogens (tertiary/aromatic N) is 2. The van der Waals surface area contributed by atoms with E-state index >= 15 is 0 Å². The maximum atomic E-state index is 12.6. The van der Waals surface area contributed by atoms with E-state index in [-0.39, 0.29) is 12.3 Å². The van der Waals surface area contributed by atoms with Gasteiger partial charge < -0.3 is 4.74 Å². The van der Waals surface area contributed by atoms with Crippen molar-refractivity contribution in [2.45, 2.75) is 13.0 Å². The monoisotopic (exact) mass is 413 g/mol. The molecule has 2 unspecified atom stereocenters. The van der Waals surface area contributed by atoms with Crippen molar-refractivity contribution in [1.82, 2.24) is 5.43 Å². The van der Waals surface area contributed by atoms with E-state index in [9.17, 15) is 14.4 Å². The number of anilines is 1. The first-order valence-corrected chi connectivity index (χ1v) is 7.76. The van der Waals surface area contributed by atoms with Crippen LogP contribution in [0.2, 0.25) is 0 Å². The van der Waals surface area contributed by atoms with Gasteiger partial charge in [-0.05, 0) is 53.8 Å². The molecule has 0 aliphatic carbocycles. The average molecular weight is 413 g/mol. The number of halogens is 1. The van der Waals surface area contributed by atoms with Crippen LogP contribution >= 0.6 is 22.6 Å². The normalized spacial score (nSPS) is 23.2. The minimum atomic E-state index is -0.925. The molecule has 2 aliphatic heterocycles. The molecule has 0 saturated carbocycles. The van der Waals surface area contributed by atoms with Crippen molar-refractivity contribution in [1.29, 1.82) is 0 Å². The molecule has 22 heavy (non-hydrogen) atoms. The third-order valence-electron chi connectivity index (χ3n) is 3.49. The number of ether oxygens (including phenoxy) is 1. The SMILES string of the molecule is CCOC(=O)C1=NNC2C(=O)N(c3ccc(I)cc3)C(=O)C12. The van der Waals surface area contributed by atoms with Gasteiger partial charge in [0.25, 0.3) is 5.91 Å². The third kappa shape index (κ3) is 2.27. The number of hydrogen-bond acceptors (Lipinski definition) is 6. The van der Waals surface area contributed by atoms with Crippen LogP contribution in [-0.2, 0) is 19.1 Å². The van der Waals surface area contributed by atoms with Crippen LogP contribution in [0.4, 0.5) is 5.69 Å². The molecule has 1 N–H and O–H groups in total. The number of carbonyl (C=O) groups is 3. The average Bonchev–Trinajstić information content (AvgIpc) is 3.03. The lowest BCUT2D eigenvalue weighted by Gasteiger charge is -2.15. The van der Waals surface area contributed by atoms with Gasteiger partial charge in [-0.3, -0.25) is 15.0 Å². The Morgan fingerprint density at radius 1 is 1.32 bits per heavy atom. The van der Waals surface area contributed by atoms with Crippen molar-refractivity contribution < 1.29 is 19.1 Å². The van der Waals surface area contributed by atoms with E-state index in [0.29, 0.717) is 5.69 Å². The highest BCUT2D eigenvalue weighted by Crippen LogP contribution is 2.31. The van der Waals surface area contributed by atoms with Crippen LogP contribution in [0.3, 0.4) is 0 Å². The van der Waals surface area contributed by atoms with E-state index in [0.717, 1.165) is 8.47 Å². The molecule has 8 heteroatoms. The second-order valence-electron chi connectivity index (χ2n) is 4.79. The molecule has 0 aromatic heterocycles. The molecule has 3 rings (SSSR count). The third-order valence-corrected chi connectivity index (χ3v) is 4.21. The van der Waals surface area contributed by atoms with Crippen molar-refractivity contribution >= 4 is 51.8 Å². The molecule has 2 aliphatic rings. The van der Waals surface area contributed by atoms with E-state index in [4.69, 9.17) is 4.74 Å². The minimum absolute atomic E-state index is 0.0433. The number of hydrogen-bond donors (Lipinski definition) is 1. The Morgan fingerprint density at radius 2 is 2.00 bits per heavy atom. The molecule has 1 fully saturated rings. The smallest absolute Gasteiger partial charge is 0.355 e. The number of amides is 2. The second kappa shape index (κ2) is 5.67. The molecule has 0 bridgehead atoms. The van der Waals surface area contributed by atoms with Gasteiger partial charge in [0.2, 0.25) is 5.91 Å². The van der Waals surface area contributed by atoms with Gasteiger partial charge in [0.05, 0.1) is 12.3 Å². The number of hydrazone groups is 1. The van der Waals surface area contributed by atoms with Crippen molar-refractivity contribution in [2.75, 3.05) is 11.5 Å². The van der Waals surface area contributed by atoms with Gasteiger partial charge in [-0.25, -0.2) is 9.69 Å². The number of nitrogens with one attached hydrogen (secondary N) is 1. The Morgan fingerprint density at radius 3 is 2.64 bits per heavy atom. The first-order chi connectivity index (χ1) is 10.5. The molecule has 2 amide bonds.